The molecule has 186 valence electrons. The fraction of sp³-hybridized carbons (Fsp3) is 0.393. The lowest BCUT2D eigenvalue weighted by molar-refractivity contribution is -0.139. The molecule has 6 rings (SSSR count). The number of carbonyl (C=O) groups is 2. The molecule has 1 atom stereocenters. The van der Waals surface area contributed by atoms with Crippen LogP contribution in [0.3, 0.4) is 0 Å². The first-order valence-electron chi connectivity index (χ1n) is 12.9. The Kier molecular flexibility index (Phi) is 6.09. The van der Waals surface area contributed by atoms with Gasteiger partial charge in [-0.25, -0.2) is 4.68 Å². The van der Waals surface area contributed by atoms with Crippen LogP contribution in [-0.2, 0) is 9.59 Å². The van der Waals surface area contributed by atoms with E-state index in [1.165, 1.54) is 0 Å². The Balaban J connectivity index is 1.21. The minimum absolute atomic E-state index is 0.00541. The molecule has 0 radical (unpaired) electrons. The SMILES string of the molecule is O=C(CN1CC(C(=O)N2CCCCC2)Oc2ccccc21)Nc1cc(C2CC2)nn1-c1ccccc1. The maximum Gasteiger partial charge on any atom is 0.265 e. The number of nitrogens with zero attached hydrogens (tertiary/aromatic N) is 4. The molecule has 36 heavy (non-hydrogen) atoms. The fourth-order valence-corrected chi connectivity index (χ4v) is 5.09. The molecular formula is C28H31N5O3. The molecule has 0 spiro atoms. The first kappa shape index (κ1) is 22.6. The molecule has 3 aliphatic rings. The van der Waals surface area contributed by atoms with Crippen LogP contribution in [0.5, 0.6) is 5.75 Å². The van der Waals surface area contributed by atoms with Gasteiger partial charge in [-0.3, -0.25) is 9.59 Å². The first-order chi connectivity index (χ1) is 17.7. The van der Waals surface area contributed by atoms with E-state index in [0.29, 0.717) is 24.0 Å². The topological polar surface area (TPSA) is 79.7 Å². The van der Waals surface area contributed by atoms with Crippen molar-refractivity contribution in [3.8, 4) is 11.4 Å². The largest absolute Gasteiger partial charge is 0.477 e. The number of benzene rings is 2. The number of fused-ring (bicyclic) bond motifs is 1. The Morgan fingerprint density at radius 1 is 0.972 bits per heavy atom. The minimum Gasteiger partial charge on any atom is -0.477 e. The molecule has 3 heterocycles. The van der Waals surface area contributed by atoms with Gasteiger partial charge in [0.15, 0.2) is 6.10 Å². The Labute approximate surface area is 210 Å². The van der Waals surface area contributed by atoms with E-state index in [1.807, 2.05) is 75.1 Å². The molecule has 8 nitrogen and oxygen atoms in total. The third kappa shape index (κ3) is 4.67. The quantitative estimate of drug-likeness (QED) is 0.572. The van der Waals surface area contributed by atoms with Gasteiger partial charge in [0.25, 0.3) is 5.91 Å². The lowest BCUT2D eigenvalue weighted by Gasteiger charge is -2.38. The number of hydrogen-bond acceptors (Lipinski definition) is 5. The highest BCUT2D eigenvalue weighted by Gasteiger charge is 2.35. The number of piperidine rings is 1. The first-order valence-corrected chi connectivity index (χ1v) is 12.9. The summed E-state index contributed by atoms with van der Waals surface area (Å²) in [6.07, 6.45) is 4.86. The van der Waals surface area contributed by atoms with Crippen LogP contribution >= 0.6 is 0 Å². The second kappa shape index (κ2) is 9.68. The predicted molar refractivity (Wildman–Crippen MR) is 138 cm³/mol. The molecule has 0 bridgehead atoms. The van der Waals surface area contributed by atoms with E-state index in [0.717, 1.165) is 62.3 Å². The van der Waals surface area contributed by atoms with E-state index in [-0.39, 0.29) is 18.4 Å². The highest BCUT2D eigenvalue weighted by molar-refractivity contribution is 5.94. The van der Waals surface area contributed by atoms with Crippen LogP contribution in [0.1, 0.15) is 43.7 Å². The third-order valence-electron chi connectivity index (χ3n) is 7.13. The lowest BCUT2D eigenvalue weighted by atomic mass is 10.1. The monoisotopic (exact) mass is 485 g/mol. The predicted octanol–water partition coefficient (Wildman–Crippen LogP) is 3.97. The van der Waals surface area contributed by atoms with E-state index in [1.54, 1.807) is 0 Å². The van der Waals surface area contributed by atoms with Crippen molar-refractivity contribution in [3.05, 3.63) is 66.4 Å². The van der Waals surface area contributed by atoms with Crippen LogP contribution < -0.4 is 15.0 Å². The maximum absolute atomic E-state index is 13.3. The van der Waals surface area contributed by atoms with E-state index in [4.69, 9.17) is 9.84 Å². The van der Waals surface area contributed by atoms with Crippen LogP contribution in [0.15, 0.2) is 60.7 Å². The Hall–Kier alpha value is -3.81. The van der Waals surface area contributed by atoms with Crippen LogP contribution in [0.4, 0.5) is 11.5 Å². The highest BCUT2D eigenvalue weighted by Crippen LogP contribution is 2.40. The Morgan fingerprint density at radius 2 is 1.72 bits per heavy atom. The number of aromatic nitrogens is 2. The summed E-state index contributed by atoms with van der Waals surface area (Å²) in [5, 5.41) is 7.86. The zero-order valence-electron chi connectivity index (χ0n) is 20.3. The summed E-state index contributed by atoms with van der Waals surface area (Å²) in [5.41, 5.74) is 2.74. The summed E-state index contributed by atoms with van der Waals surface area (Å²) < 4.78 is 7.92. The van der Waals surface area contributed by atoms with Crippen molar-refractivity contribution < 1.29 is 14.3 Å². The van der Waals surface area contributed by atoms with Gasteiger partial charge in [0, 0.05) is 25.1 Å². The summed E-state index contributed by atoms with van der Waals surface area (Å²) in [6.45, 7) is 2.00. The molecule has 3 aromatic rings. The third-order valence-corrected chi connectivity index (χ3v) is 7.13. The van der Waals surface area contributed by atoms with Crippen molar-refractivity contribution in [2.24, 2.45) is 0 Å². The molecule has 2 aromatic carbocycles. The average Bonchev–Trinajstić information content (AvgIpc) is 3.69. The van der Waals surface area contributed by atoms with Gasteiger partial charge in [-0.2, -0.15) is 5.10 Å². The number of likely N-dealkylation sites (tertiary alicyclic amines) is 1. The van der Waals surface area contributed by atoms with E-state index in [2.05, 4.69) is 5.32 Å². The van der Waals surface area contributed by atoms with Gasteiger partial charge in [0.05, 0.1) is 30.2 Å². The molecule has 2 amide bonds. The number of carbonyl (C=O) groups excluding carboxylic acids is 2. The van der Waals surface area contributed by atoms with Gasteiger partial charge in [-0.1, -0.05) is 30.3 Å². The number of anilines is 2. The summed E-state index contributed by atoms with van der Waals surface area (Å²) in [7, 11) is 0. The van der Waals surface area contributed by atoms with Crippen LogP contribution in [0.2, 0.25) is 0 Å². The molecule has 1 N–H and O–H groups in total. The van der Waals surface area contributed by atoms with Crippen molar-refractivity contribution in [2.75, 3.05) is 36.4 Å². The summed E-state index contributed by atoms with van der Waals surface area (Å²) in [5.74, 6) is 1.62. The fourth-order valence-electron chi connectivity index (χ4n) is 5.09. The number of para-hydroxylation sites is 3. The van der Waals surface area contributed by atoms with Crippen LogP contribution in [0, 0.1) is 0 Å². The summed E-state index contributed by atoms with van der Waals surface area (Å²) in [4.78, 5) is 30.4. The van der Waals surface area contributed by atoms with Gasteiger partial charge < -0.3 is 19.9 Å². The molecule has 1 saturated carbocycles. The molecule has 2 fully saturated rings. The number of amides is 2. The van der Waals surface area contributed by atoms with Crippen molar-refractivity contribution in [1.29, 1.82) is 0 Å². The summed E-state index contributed by atoms with van der Waals surface area (Å²) >= 11 is 0. The second-order valence-corrected chi connectivity index (χ2v) is 9.86. The lowest BCUT2D eigenvalue weighted by Crippen LogP contribution is -2.52. The highest BCUT2D eigenvalue weighted by atomic mass is 16.5. The molecule has 2 aliphatic heterocycles. The van der Waals surface area contributed by atoms with Crippen molar-refractivity contribution in [2.45, 2.75) is 44.1 Å². The standard InChI is InChI=1S/C28H31N5O3/c34-27(29-26-17-22(20-13-14-20)30-33(26)21-9-3-1-4-10-21)19-32-18-25(28(35)31-15-7-2-8-16-31)36-24-12-6-5-11-23(24)32/h1,3-6,9-12,17,20,25H,2,7-8,13-16,18-19H2,(H,29,34). The minimum atomic E-state index is -0.623. The van der Waals surface area contributed by atoms with E-state index < -0.39 is 6.10 Å². The Bertz CT molecular complexity index is 1250. The smallest absolute Gasteiger partial charge is 0.265 e. The zero-order chi connectivity index (χ0) is 24.5. The van der Waals surface area contributed by atoms with E-state index in [9.17, 15) is 9.59 Å². The number of hydrogen-bond donors (Lipinski definition) is 1. The summed E-state index contributed by atoms with van der Waals surface area (Å²) in [6, 6.07) is 19.4. The molecule has 1 aliphatic carbocycles. The second-order valence-electron chi connectivity index (χ2n) is 9.86. The molecule has 1 saturated heterocycles. The van der Waals surface area contributed by atoms with Gasteiger partial charge in [0.2, 0.25) is 5.91 Å². The maximum atomic E-state index is 13.3. The van der Waals surface area contributed by atoms with E-state index >= 15 is 0 Å². The van der Waals surface area contributed by atoms with Gasteiger partial charge in [-0.15, -0.1) is 0 Å². The van der Waals surface area contributed by atoms with Crippen LogP contribution in [0.25, 0.3) is 5.69 Å². The molecule has 1 aromatic heterocycles. The van der Waals surface area contributed by atoms with Gasteiger partial charge in [-0.05, 0) is 56.4 Å². The van der Waals surface area contributed by atoms with Crippen molar-refractivity contribution in [3.63, 3.8) is 0 Å². The molecule has 8 heteroatoms. The number of rotatable bonds is 6. The van der Waals surface area contributed by atoms with Gasteiger partial charge in [0.1, 0.15) is 11.6 Å². The number of nitrogens with one attached hydrogen (secondary N) is 1. The normalized spacial score (nSPS) is 19.4. The van der Waals surface area contributed by atoms with Crippen molar-refractivity contribution in [1.82, 2.24) is 14.7 Å². The molecule has 1 unspecified atom stereocenters. The van der Waals surface area contributed by atoms with Crippen LogP contribution in [-0.4, -0.2) is 58.8 Å². The Morgan fingerprint density at radius 3 is 2.50 bits per heavy atom. The zero-order valence-corrected chi connectivity index (χ0v) is 20.3. The molecular weight excluding hydrogens is 454 g/mol. The van der Waals surface area contributed by atoms with Gasteiger partial charge >= 0.3 is 0 Å². The van der Waals surface area contributed by atoms with Crippen molar-refractivity contribution >= 4 is 23.3 Å². The number of ether oxygens (including phenoxy) is 1. The average molecular weight is 486 g/mol.